The summed E-state index contributed by atoms with van der Waals surface area (Å²) in [5, 5.41) is 11.1. The average molecular weight is 357 g/mol. The van der Waals surface area contributed by atoms with Crippen molar-refractivity contribution in [1.82, 2.24) is 10.9 Å². The number of hydrogen-bond acceptors (Lipinski definition) is 6. The van der Waals surface area contributed by atoms with Crippen LogP contribution in [0.25, 0.3) is 0 Å². The Morgan fingerprint density at radius 3 is 2.38 bits per heavy atom. The lowest BCUT2D eigenvalue weighted by molar-refractivity contribution is -0.385. The smallest absolute Gasteiger partial charge is 0.345 e. The highest BCUT2D eigenvalue weighted by atomic mass is 16.6. The van der Waals surface area contributed by atoms with Crippen LogP contribution in [0.4, 0.5) is 5.69 Å². The second-order valence-electron chi connectivity index (χ2n) is 5.17. The van der Waals surface area contributed by atoms with Crippen molar-refractivity contribution in [3.63, 3.8) is 0 Å². The summed E-state index contributed by atoms with van der Waals surface area (Å²) in [7, 11) is 0. The maximum Gasteiger partial charge on any atom is 0.345 e. The number of esters is 1. The van der Waals surface area contributed by atoms with Crippen molar-refractivity contribution in [2.24, 2.45) is 0 Å². The first-order valence-corrected chi connectivity index (χ1v) is 7.45. The number of amides is 2. The second-order valence-corrected chi connectivity index (χ2v) is 5.17. The zero-order chi connectivity index (χ0) is 19.1. The molecule has 0 aliphatic carbocycles. The van der Waals surface area contributed by atoms with Gasteiger partial charge in [0, 0.05) is 11.1 Å². The normalized spacial score (nSPS) is 9.88. The zero-order valence-electron chi connectivity index (χ0n) is 13.7. The first-order valence-electron chi connectivity index (χ1n) is 7.45. The van der Waals surface area contributed by atoms with Gasteiger partial charge in [0.2, 0.25) is 0 Å². The lowest BCUT2D eigenvalue weighted by Crippen LogP contribution is -2.43. The van der Waals surface area contributed by atoms with E-state index in [0.29, 0.717) is 11.1 Å². The minimum absolute atomic E-state index is 0.254. The molecule has 2 aromatic rings. The minimum atomic E-state index is -1.01. The molecule has 0 saturated carbocycles. The molecular weight excluding hydrogens is 342 g/mol. The van der Waals surface area contributed by atoms with E-state index < -0.39 is 29.3 Å². The molecule has 0 fully saturated rings. The van der Waals surface area contributed by atoms with Gasteiger partial charge in [-0.3, -0.25) is 30.6 Å². The van der Waals surface area contributed by atoms with Crippen LogP contribution in [-0.4, -0.2) is 29.3 Å². The second kappa shape index (κ2) is 8.38. The first kappa shape index (κ1) is 18.6. The van der Waals surface area contributed by atoms with Crippen LogP contribution in [0.2, 0.25) is 0 Å². The van der Waals surface area contributed by atoms with Crippen LogP contribution in [0.5, 0.6) is 0 Å². The lowest BCUT2D eigenvalue weighted by atomic mass is 10.1. The van der Waals surface area contributed by atoms with Crippen LogP contribution in [-0.2, 0) is 9.53 Å². The van der Waals surface area contributed by atoms with E-state index in [1.54, 1.807) is 30.3 Å². The first-order chi connectivity index (χ1) is 12.4. The molecule has 2 rings (SSSR count). The summed E-state index contributed by atoms with van der Waals surface area (Å²) in [6.45, 7) is 0.778. The Balaban J connectivity index is 1.90. The third-order valence-corrected chi connectivity index (χ3v) is 3.33. The SMILES string of the molecule is Cc1cccc(C(=O)OCC(=O)NNC(=O)c2ccccc2)c1[N+](=O)[O-]. The number of ether oxygens (including phenoxy) is 1. The number of nitro benzene ring substituents is 1. The fraction of sp³-hybridized carbons (Fsp3) is 0.118. The Bertz CT molecular complexity index is 851. The molecule has 0 saturated heterocycles. The molecule has 0 aliphatic rings. The van der Waals surface area contributed by atoms with Crippen molar-refractivity contribution < 1.29 is 24.0 Å². The topological polar surface area (TPSA) is 128 Å². The fourth-order valence-corrected chi connectivity index (χ4v) is 2.10. The highest BCUT2D eigenvalue weighted by molar-refractivity contribution is 5.97. The van der Waals surface area contributed by atoms with E-state index in [-0.39, 0.29) is 11.3 Å². The van der Waals surface area contributed by atoms with Crippen LogP contribution < -0.4 is 10.9 Å². The molecule has 2 aromatic carbocycles. The van der Waals surface area contributed by atoms with Gasteiger partial charge in [-0.2, -0.15) is 0 Å². The zero-order valence-corrected chi connectivity index (χ0v) is 13.7. The monoisotopic (exact) mass is 357 g/mol. The molecule has 0 aliphatic heterocycles. The summed E-state index contributed by atoms with van der Waals surface area (Å²) >= 11 is 0. The Hall–Kier alpha value is -3.75. The number of nitro groups is 1. The summed E-state index contributed by atoms with van der Waals surface area (Å²) in [5.74, 6) is -2.34. The molecule has 0 unspecified atom stereocenters. The predicted octanol–water partition coefficient (Wildman–Crippen LogP) is 1.52. The molecule has 0 radical (unpaired) electrons. The number of para-hydroxylation sites is 1. The van der Waals surface area contributed by atoms with E-state index in [9.17, 15) is 24.5 Å². The van der Waals surface area contributed by atoms with Gasteiger partial charge in [-0.1, -0.05) is 30.3 Å². The molecule has 2 N–H and O–H groups in total. The maximum atomic E-state index is 12.0. The van der Waals surface area contributed by atoms with Gasteiger partial charge in [-0.05, 0) is 25.1 Å². The van der Waals surface area contributed by atoms with Gasteiger partial charge in [0.05, 0.1) is 4.92 Å². The minimum Gasteiger partial charge on any atom is -0.452 e. The van der Waals surface area contributed by atoms with E-state index in [1.165, 1.54) is 25.1 Å². The molecule has 9 nitrogen and oxygen atoms in total. The third-order valence-electron chi connectivity index (χ3n) is 3.33. The number of carbonyl (C=O) groups excluding carboxylic acids is 3. The van der Waals surface area contributed by atoms with Gasteiger partial charge in [0.15, 0.2) is 6.61 Å². The van der Waals surface area contributed by atoms with Gasteiger partial charge in [0.1, 0.15) is 5.56 Å². The standard InChI is InChI=1S/C17H15N3O6/c1-11-6-5-9-13(15(11)20(24)25)17(23)26-10-14(21)18-19-16(22)12-7-3-2-4-8-12/h2-9H,10H2,1H3,(H,18,21)(H,19,22). The molecule has 0 aromatic heterocycles. The lowest BCUT2D eigenvalue weighted by Gasteiger charge is -2.09. The van der Waals surface area contributed by atoms with Crippen molar-refractivity contribution in [2.45, 2.75) is 6.92 Å². The average Bonchev–Trinajstić information content (AvgIpc) is 2.64. The van der Waals surface area contributed by atoms with E-state index in [1.807, 2.05) is 0 Å². The van der Waals surface area contributed by atoms with Crippen LogP contribution in [0.3, 0.4) is 0 Å². The van der Waals surface area contributed by atoms with E-state index in [0.717, 1.165) is 0 Å². The molecule has 0 spiro atoms. The Kier molecular flexibility index (Phi) is 5.99. The molecule has 134 valence electrons. The van der Waals surface area contributed by atoms with Crippen molar-refractivity contribution in [3.8, 4) is 0 Å². The number of aryl methyl sites for hydroxylation is 1. The van der Waals surface area contributed by atoms with Crippen LogP contribution >= 0.6 is 0 Å². The van der Waals surface area contributed by atoms with Crippen LogP contribution in [0.15, 0.2) is 48.5 Å². The number of rotatable bonds is 5. The van der Waals surface area contributed by atoms with E-state index >= 15 is 0 Å². The number of hydrogen-bond donors (Lipinski definition) is 2. The van der Waals surface area contributed by atoms with E-state index in [4.69, 9.17) is 4.74 Å². The van der Waals surface area contributed by atoms with Crippen molar-refractivity contribution in [1.29, 1.82) is 0 Å². The molecule has 0 atom stereocenters. The van der Waals surface area contributed by atoms with Gasteiger partial charge >= 0.3 is 5.97 Å². The van der Waals surface area contributed by atoms with Crippen molar-refractivity contribution in [3.05, 3.63) is 75.3 Å². The predicted molar refractivity (Wildman–Crippen MR) is 90.2 cm³/mol. The van der Waals surface area contributed by atoms with Crippen molar-refractivity contribution in [2.75, 3.05) is 6.61 Å². The number of nitrogens with zero attached hydrogens (tertiary/aromatic N) is 1. The summed E-state index contributed by atoms with van der Waals surface area (Å²) in [6.07, 6.45) is 0. The third kappa shape index (κ3) is 4.63. The summed E-state index contributed by atoms with van der Waals surface area (Å²) in [6, 6.07) is 12.4. The fourth-order valence-electron chi connectivity index (χ4n) is 2.10. The molecular formula is C17H15N3O6. The van der Waals surface area contributed by atoms with Gasteiger partial charge in [-0.25, -0.2) is 4.79 Å². The van der Waals surface area contributed by atoms with Gasteiger partial charge in [0.25, 0.3) is 17.5 Å². The number of hydrazine groups is 1. The van der Waals surface area contributed by atoms with E-state index in [2.05, 4.69) is 10.9 Å². The summed E-state index contributed by atoms with van der Waals surface area (Å²) < 4.78 is 4.77. The molecule has 9 heteroatoms. The van der Waals surface area contributed by atoms with Gasteiger partial charge < -0.3 is 4.74 Å². The van der Waals surface area contributed by atoms with Crippen molar-refractivity contribution >= 4 is 23.5 Å². The Morgan fingerprint density at radius 1 is 1.04 bits per heavy atom. The molecule has 26 heavy (non-hydrogen) atoms. The van der Waals surface area contributed by atoms with Gasteiger partial charge in [-0.15, -0.1) is 0 Å². The summed E-state index contributed by atoms with van der Waals surface area (Å²) in [5.41, 5.74) is 4.25. The quantitative estimate of drug-likeness (QED) is 0.474. The number of carbonyl (C=O) groups is 3. The highest BCUT2D eigenvalue weighted by Crippen LogP contribution is 2.23. The molecule has 0 bridgehead atoms. The van der Waals surface area contributed by atoms with Crippen LogP contribution in [0.1, 0.15) is 26.3 Å². The van der Waals surface area contributed by atoms with Crippen LogP contribution in [0, 0.1) is 17.0 Å². The number of nitrogens with one attached hydrogen (secondary N) is 2. The maximum absolute atomic E-state index is 12.0. The molecule has 0 heterocycles. The Labute approximate surface area is 148 Å². The summed E-state index contributed by atoms with van der Waals surface area (Å²) in [4.78, 5) is 45.8. The Morgan fingerprint density at radius 2 is 1.73 bits per heavy atom. The molecule has 2 amide bonds. The largest absolute Gasteiger partial charge is 0.452 e. The number of benzene rings is 2. The highest BCUT2D eigenvalue weighted by Gasteiger charge is 2.24.